The summed E-state index contributed by atoms with van der Waals surface area (Å²) in [7, 11) is 2.17. The van der Waals surface area contributed by atoms with Gasteiger partial charge in [0.15, 0.2) is 0 Å². The standard InChI is InChI=1S/C13H19N5S.C2HF3O2/c1-17-4-2-11(3-5-17)18-8-10(7-15-18)12-9-19-13(6-14)16-12;3-2(4,5)1(6)7/h7-9,11H,2-6,14H2,1H3;(H,6,7). The van der Waals surface area contributed by atoms with Crippen LogP contribution in [-0.2, 0) is 11.3 Å². The molecule has 0 spiro atoms. The maximum atomic E-state index is 10.6. The van der Waals surface area contributed by atoms with Crippen LogP contribution < -0.4 is 5.73 Å². The van der Waals surface area contributed by atoms with Gasteiger partial charge in [-0.1, -0.05) is 0 Å². The Hall–Kier alpha value is -1.98. The molecular weight excluding hydrogens is 371 g/mol. The maximum Gasteiger partial charge on any atom is 0.490 e. The van der Waals surface area contributed by atoms with Crippen molar-refractivity contribution in [3.05, 3.63) is 22.8 Å². The molecule has 1 saturated heterocycles. The SMILES string of the molecule is CN1CCC(n2cc(-c3csc(CN)n3)cn2)CC1.O=C(O)C(F)(F)F. The highest BCUT2D eigenvalue weighted by Gasteiger charge is 2.38. The van der Waals surface area contributed by atoms with Crippen molar-refractivity contribution in [3.63, 3.8) is 0 Å². The number of thiazole rings is 1. The summed E-state index contributed by atoms with van der Waals surface area (Å²) in [4.78, 5) is 15.8. The normalized spacial score (nSPS) is 16.2. The van der Waals surface area contributed by atoms with Crippen LogP contribution >= 0.6 is 11.3 Å². The molecule has 0 radical (unpaired) electrons. The Morgan fingerprint density at radius 2 is 2.04 bits per heavy atom. The number of carboxylic acid groups (broad SMARTS) is 1. The van der Waals surface area contributed by atoms with Crippen LogP contribution in [0.1, 0.15) is 23.9 Å². The van der Waals surface area contributed by atoms with Gasteiger partial charge in [0, 0.05) is 23.7 Å². The molecular formula is C15H20F3N5O2S. The summed E-state index contributed by atoms with van der Waals surface area (Å²) < 4.78 is 33.8. The number of carbonyl (C=O) groups is 1. The largest absolute Gasteiger partial charge is 0.490 e. The van der Waals surface area contributed by atoms with Crippen LogP contribution in [0.25, 0.3) is 11.3 Å². The van der Waals surface area contributed by atoms with Crippen molar-refractivity contribution in [1.82, 2.24) is 19.7 Å². The Labute approximate surface area is 152 Å². The van der Waals surface area contributed by atoms with Crippen molar-refractivity contribution in [2.45, 2.75) is 31.6 Å². The quantitative estimate of drug-likeness (QED) is 0.834. The van der Waals surface area contributed by atoms with Crippen LogP contribution in [0.15, 0.2) is 17.8 Å². The second kappa shape index (κ2) is 8.60. The topological polar surface area (TPSA) is 97.3 Å². The van der Waals surface area contributed by atoms with Gasteiger partial charge >= 0.3 is 12.1 Å². The molecule has 0 amide bonds. The van der Waals surface area contributed by atoms with E-state index in [1.165, 1.54) is 12.8 Å². The van der Waals surface area contributed by atoms with E-state index in [1.54, 1.807) is 11.3 Å². The van der Waals surface area contributed by atoms with Crippen LogP contribution in [-0.4, -0.2) is 57.1 Å². The molecule has 0 aromatic carbocycles. The van der Waals surface area contributed by atoms with Crippen LogP contribution in [0.4, 0.5) is 13.2 Å². The first-order valence-electron chi connectivity index (χ1n) is 7.88. The number of rotatable bonds is 3. The van der Waals surface area contributed by atoms with E-state index >= 15 is 0 Å². The maximum absolute atomic E-state index is 10.6. The lowest BCUT2D eigenvalue weighted by Crippen LogP contribution is -2.31. The number of aliphatic carboxylic acids is 1. The van der Waals surface area contributed by atoms with Gasteiger partial charge in [0.2, 0.25) is 0 Å². The first kappa shape index (κ1) is 20.3. The predicted octanol–water partition coefficient (Wildman–Crippen LogP) is 2.37. The Kier molecular flexibility index (Phi) is 6.73. The molecule has 3 heterocycles. The number of piperidine rings is 1. The molecule has 7 nitrogen and oxygen atoms in total. The van der Waals surface area contributed by atoms with Crippen LogP contribution in [0.3, 0.4) is 0 Å². The number of carboxylic acids is 1. The van der Waals surface area contributed by atoms with E-state index in [2.05, 4.69) is 38.3 Å². The second-order valence-corrected chi connectivity index (χ2v) is 6.82. The number of hydrogen-bond donors (Lipinski definition) is 2. The van der Waals surface area contributed by atoms with E-state index in [9.17, 15) is 13.2 Å². The molecule has 3 rings (SSSR count). The van der Waals surface area contributed by atoms with Crippen molar-refractivity contribution in [3.8, 4) is 11.3 Å². The van der Waals surface area contributed by atoms with Crippen LogP contribution in [0.5, 0.6) is 0 Å². The molecule has 2 aromatic heterocycles. The molecule has 0 bridgehead atoms. The van der Waals surface area contributed by atoms with Crippen molar-refractivity contribution in [2.24, 2.45) is 5.73 Å². The minimum Gasteiger partial charge on any atom is -0.475 e. The third-order valence-electron chi connectivity index (χ3n) is 3.93. The molecule has 0 atom stereocenters. The van der Waals surface area contributed by atoms with E-state index in [1.807, 2.05) is 6.20 Å². The third kappa shape index (κ3) is 5.51. The van der Waals surface area contributed by atoms with Gasteiger partial charge in [-0.3, -0.25) is 4.68 Å². The van der Waals surface area contributed by atoms with Gasteiger partial charge in [0.1, 0.15) is 5.01 Å². The molecule has 2 aromatic rings. The molecule has 0 unspecified atom stereocenters. The zero-order valence-electron chi connectivity index (χ0n) is 14.1. The van der Waals surface area contributed by atoms with Crippen molar-refractivity contribution >= 4 is 17.3 Å². The van der Waals surface area contributed by atoms with Gasteiger partial charge in [-0.25, -0.2) is 9.78 Å². The van der Waals surface area contributed by atoms with Gasteiger partial charge in [0.05, 0.1) is 17.9 Å². The minimum absolute atomic E-state index is 0.508. The molecule has 11 heteroatoms. The van der Waals surface area contributed by atoms with Gasteiger partial charge in [0.25, 0.3) is 0 Å². The van der Waals surface area contributed by atoms with Crippen molar-refractivity contribution in [2.75, 3.05) is 20.1 Å². The Bertz CT molecular complexity index is 723. The highest BCUT2D eigenvalue weighted by atomic mass is 32.1. The molecule has 1 fully saturated rings. The summed E-state index contributed by atoms with van der Waals surface area (Å²) in [6.45, 7) is 2.80. The van der Waals surface area contributed by atoms with Gasteiger partial charge < -0.3 is 15.7 Å². The van der Waals surface area contributed by atoms with E-state index in [0.717, 1.165) is 29.4 Å². The fourth-order valence-corrected chi connectivity index (χ4v) is 3.15. The summed E-state index contributed by atoms with van der Waals surface area (Å²) in [5, 5.41) is 14.7. The first-order valence-corrected chi connectivity index (χ1v) is 8.76. The molecule has 0 saturated carbocycles. The zero-order chi connectivity index (χ0) is 19.3. The Morgan fingerprint density at radius 3 is 2.54 bits per heavy atom. The average Bonchev–Trinajstić information content (AvgIpc) is 3.24. The van der Waals surface area contributed by atoms with Crippen LogP contribution in [0, 0.1) is 0 Å². The Morgan fingerprint density at radius 1 is 1.42 bits per heavy atom. The number of nitrogens with zero attached hydrogens (tertiary/aromatic N) is 4. The predicted molar refractivity (Wildman–Crippen MR) is 90.7 cm³/mol. The second-order valence-electron chi connectivity index (χ2n) is 5.88. The van der Waals surface area contributed by atoms with Gasteiger partial charge in [-0.05, 0) is 33.0 Å². The number of alkyl halides is 3. The molecule has 0 aliphatic carbocycles. The van der Waals surface area contributed by atoms with Crippen molar-refractivity contribution in [1.29, 1.82) is 0 Å². The lowest BCUT2D eigenvalue weighted by Gasteiger charge is -2.28. The number of aromatic nitrogens is 3. The molecule has 3 N–H and O–H groups in total. The fraction of sp³-hybridized carbons (Fsp3) is 0.533. The number of hydrogen-bond acceptors (Lipinski definition) is 6. The summed E-state index contributed by atoms with van der Waals surface area (Å²) in [5.41, 5.74) is 7.68. The van der Waals surface area contributed by atoms with E-state index in [-0.39, 0.29) is 0 Å². The average molecular weight is 391 g/mol. The molecule has 1 aliphatic rings. The van der Waals surface area contributed by atoms with Crippen LogP contribution in [0.2, 0.25) is 0 Å². The zero-order valence-corrected chi connectivity index (χ0v) is 14.9. The lowest BCUT2D eigenvalue weighted by atomic mass is 10.1. The molecule has 144 valence electrons. The summed E-state index contributed by atoms with van der Waals surface area (Å²) in [5.74, 6) is -2.76. The molecule has 1 aliphatic heterocycles. The highest BCUT2D eigenvalue weighted by Crippen LogP contribution is 2.25. The fourth-order valence-electron chi connectivity index (χ4n) is 2.47. The van der Waals surface area contributed by atoms with E-state index < -0.39 is 12.1 Å². The summed E-state index contributed by atoms with van der Waals surface area (Å²) in [6.07, 6.45) is 1.28. The number of halogens is 3. The smallest absolute Gasteiger partial charge is 0.475 e. The van der Waals surface area contributed by atoms with Crippen molar-refractivity contribution < 1.29 is 23.1 Å². The summed E-state index contributed by atoms with van der Waals surface area (Å²) in [6, 6.07) is 0.526. The molecule has 26 heavy (non-hydrogen) atoms. The van der Waals surface area contributed by atoms with Gasteiger partial charge in [-0.15, -0.1) is 11.3 Å². The Balaban J connectivity index is 0.000000298. The lowest BCUT2D eigenvalue weighted by molar-refractivity contribution is -0.192. The van der Waals surface area contributed by atoms with E-state index in [4.69, 9.17) is 15.6 Å². The number of nitrogens with two attached hydrogens (primary N) is 1. The first-order chi connectivity index (χ1) is 12.2. The summed E-state index contributed by atoms with van der Waals surface area (Å²) >= 11 is 1.61. The monoisotopic (exact) mass is 391 g/mol. The minimum atomic E-state index is -5.08. The third-order valence-corrected chi connectivity index (χ3v) is 4.80. The number of likely N-dealkylation sites (tertiary alicyclic amines) is 1. The van der Waals surface area contributed by atoms with Gasteiger partial charge in [-0.2, -0.15) is 18.3 Å². The van der Waals surface area contributed by atoms with E-state index in [0.29, 0.717) is 12.6 Å². The highest BCUT2D eigenvalue weighted by molar-refractivity contribution is 7.09.